The number of aromatic hydroxyl groups is 1. The molecule has 0 aliphatic heterocycles. The number of phenols is 1. The van der Waals surface area contributed by atoms with E-state index in [9.17, 15) is 0 Å². The molecule has 1 N–H and O–H groups in total. The van der Waals surface area contributed by atoms with Crippen LogP contribution in [0, 0.1) is 0 Å². The molecular formula is C7H8O2S. The van der Waals surface area contributed by atoms with Crippen molar-refractivity contribution in [1.82, 2.24) is 0 Å². The van der Waals surface area contributed by atoms with E-state index in [0.717, 1.165) is 4.90 Å². The SMILES string of the molecule is COSc1ccc(O)cc1. The third kappa shape index (κ3) is 1.93. The van der Waals surface area contributed by atoms with Gasteiger partial charge in [-0.15, -0.1) is 0 Å². The summed E-state index contributed by atoms with van der Waals surface area (Å²) in [5.74, 6) is 0.278. The molecule has 1 aromatic rings. The van der Waals surface area contributed by atoms with Crippen molar-refractivity contribution in [2.45, 2.75) is 4.90 Å². The lowest BCUT2D eigenvalue weighted by Crippen LogP contribution is -1.70. The second-order valence-corrected chi connectivity index (χ2v) is 2.72. The topological polar surface area (TPSA) is 29.5 Å². The van der Waals surface area contributed by atoms with Crippen LogP contribution in [-0.4, -0.2) is 12.2 Å². The van der Waals surface area contributed by atoms with Crippen molar-refractivity contribution in [3.63, 3.8) is 0 Å². The summed E-state index contributed by atoms with van der Waals surface area (Å²) in [4.78, 5) is 0.986. The van der Waals surface area contributed by atoms with E-state index in [1.807, 2.05) is 0 Å². The molecule has 1 aromatic carbocycles. The fraction of sp³-hybridized carbons (Fsp3) is 0.143. The van der Waals surface area contributed by atoms with Crippen LogP contribution in [0.2, 0.25) is 0 Å². The largest absolute Gasteiger partial charge is 0.508 e. The Morgan fingerprint density at radius 2 is 1.90 bits per heavy atom. The van der Waals surface area contributed by atoms with Crippen molar-refractivity contribution < 1.29 is 9.29 Å². The van der Waals surface area contributed by atoms with Gasteiger partial charge in [0.2, 0.25) is 0 Å². The van der Waals surface area contributed by atoms with Crippen LogP contribution < -0.4 is 0 Å². The summed E-state index contributed by atoms with van der Waals surface area (Å²) in [6, 6.07) is 6.84. The van der Waals surface area contributed by atoms with Crippen molar-refractivity contribution in [3.8, 4) is 5.75 Å². The first-order valence-corrected chi connectivity index (χ1v) is 3.57. The second kappa shape index (κ2) is 3.49. The van der Waals surface area contributed by atoms with Crippen molar-refractivity contribution in [3.05, 3.63) is 24.3 Å². The van der Waals surface area contributed by atoms with Gasteiger partial charge < -0.3 is 9.29 Å². The van der Waals surface area contributed by atoms with Crippen LogP contribution in [0.1, 0.15) is 0 Å². The van der Waals surface area contributed by atoms with E-state index in [1.165, 1.54) is 12.0 Å². The van der Waals surface area contributed by atoms with Gasteiger partial charge in [0.15, 0.2) is 0 Å². The third-order valence-corrected chi connectivity index (χ3v) is 1.65. The van der Waals surface area contributed by atoms with Gasteiger partial charge in [0.1, 0.15) is 5.75 Å². The molecule has 0 saturated heterocycles. The molecule has 0 radical (unpaired) electrons. The van der Waals surface area contributed by atoms with Crippen LogP contribution in [0.4, 0.5) is 0 Å². The average Bonchev–Trinajstić information content (AvgIpc) is 1.95. The lowest BCUT2D eigenvalue weighted by molar-refractivity contribution is 0.474. The van der Waals surface area contributed by atoms with Crippen molar-refractivity contribution in [1.29, 1.82) is 0 Å². The minimum Gasteiger partial charge on any atom is -0.508 e. The smallest absolute Gasteiger partial charge is 0.115 e. The van der Waals surface area contributed by atoms with Crippen LogP contribution in [-0.2, 0) is 4.18 Å². The second-order valence-electron chi connectivity index (χ2n) is 1.74. The molecule has 0 aliphatic rings. The van der Waals surface area contributed by atoms with E-state index in [-0.39, 0.29) is 5.75 Å². The lowest BCUT2D eigenvalue weighted by Gasteiger charge is -1.95. The van der Waals surface area contributed by atoms with Crippen LogP contribution in [0.3, 0.4) is 0 Å². The molecule has 0 bridgehead atoms. The Morgan fingerprint density at radius 3 is 2.40 bits per heavy atom. The highest BCUT2D eigenvalue weighted by Gasteiger charge is 1.91. The third-order valence-electron chi connectivity index (χ3n) is 1.02. The Labute approximate surface area is 64.0 Å². The standard InChI is InChI=1S/C7H8O2S/c1-9-10-7-4-2-6(8)3-5-7/h2-5,8H,1H3. The first-order chi connectivity index (χ1) is 4.83. The van der Waals surface area contributed by atoms with E-state index in [2.05, 4.69) is 0 Å². The Balaban J connectivity index is 2.69. The van der Waals surface area contributed by atoms with Crippen molar-refractivity contribution in [2.24, 2.45) is 0 Å². The van der Waals surface area contributed by atoms with Gasteiger partial charge in [-0.1, -0.05) is 0 Å². The molecule has 0 saturated carbocycles. The molecule has 0 heterocycles. The number of hydrogen-bond donors (Lipinski definition) is 1. The number of benzene rings is 1. The minimum absolute atomic E-state index is 0.278. The Morgan fingerprint density at radius 1 is 1.30 bits per heavy atom. The van der Waals surface area contributed by atoms with Crippen LogP contribution in [0.5, 0.6) is 5.75 Å². The van der Waals surface area contributed by atoms with Crippen molar-refractivity contribution >= 4 is 12.0 Å². The van der Waals surface area contributed by atoms with Gasteiger partial charge in [-0.25, -0.2) is 0 Å². The van der Waals surface area contributed by atoms with E-state index < -0.39 is 0 Å². The molecule has 3 heteroatoms. The summed E-state index contributed by atoms with van der Waals surface area (Å²) in [5, 5.41) is 8.87. The molecule has 0 spiro atoms. The highest BCUT2D eigenvalue weighted by molar-refractivity contribution is 7.94. The highest BCUT2D eigenvalue weighted by atomic mass is 32.2. The lowest BCUT2D eigenvalue weighted by atomic mass is 10.3. The average molecular weight is 156 g/mol. The molecule has 2 nitrogen and oxygen atoms in total. The van der Waals surface area contributed by atoms with Crippen LogP contribution in [0.25, 0.3) is 0 Å². The van der Waals surface area contributed by atoms with Crippen molar-refractivity contribution in [2.75, 3.05) is 7.11 Å². The zero-order chi connectivity index (χ0) is 7.40. The summed E-state index contributed by atoms with van der Waals surface area (Å²) in [7, 11) is 1.61. The first-order valence-electron chi connectivity index (χ1n) is 2.82. The van der Waals surface area contributed by atoms with Gasteiger partial charge in [0, 0.05) is 16.9 Å². The fourth-order valence-corrected chi connectivity index (χ4v) is 1.04. The molecule has 0 aromatic heterocycles. The van der Waals surface area contributed by atoms with Gasteiger partial charge in [0.05, 0.1) is 7.11 Å². The Hall–Kier alpha value is -0.670. The maximum absolute atomic E-state index is 8.87. The number of phenolic OH excluding ortho intramolecular Hbond substituents is 1. The molecule has 0 unspecified atom stereocenters. The fourth-order valence-electron chi connectivity index (χ4n) is 0.598. The zero-order valence-corrected chi connectivity index (χ0v) is 6.39. The molecule has 10 heavy (non-hydrogen) atoms. The Kier molecular flexibility index (Phi) is 2.59. The summed E-state index contributed by atoms with van der Waals surface area (Å²) in [5.41, 5.74) is 0. The molecule has 0 amide bonds. The van der Waals surface area contributed by atoms with Gasteiger partial charge in [0.25, 0.3) is 0 Å². The number of rotatable bonds is 2. The predicted molar refractivity (Wildman–Crippen MR) is 41.0 cm³/mol. The maximum atomic E-state index is 8.87. The first kappa shape index (κ1) is 7.44. The molecular weight excluding hydrogens is 148 g/mol. The predicted octanol–water partition coefficient (Wildman–Crippen LogP) is 2.05. The number of hydrogen-bond acceptors (Lipinski definition) is 3. The maximum Gasteiger partial charge on any atom is 0.115 e. The quantitative estimate of drug-likeness (QED) is 0.664. The highest BCUT2D eigenvalue weighted by Crippen LogP contribution is 2.20. The van der Waals surface area contributed by atoms with E-state index >= 15 is 0 Å². The van der Waals surface area contributed by atoms with E-state index in [1.54, 1.807) is 31.4 Å². The van der Waals surface area contributed by atoms with E-state index in [4.69, 9.17) is 9.29 Å². The van der Waals surface area contributed by atoms with Gasteiger partial charge in [-0.3, -0.25) is 0 Å². The van der Waals surface area contributed by atoms with Crippen LogP contribution >= 0.6 is 12.0 Å². The molecule has 0 aliphatic carbocycles. The van der Waals surface area contributed by atoms with Gasteiger partial charge in [-0.05, 0) is 24.3 Å². The molecule has 1 rings (SSSR count). The molecule has 0 atom stereocenters. The zero-order valence-electron chi connectivity index (χ0n) is 5.57. The monoisotopic (exact) mass is 156 g/mol. The summed E-state index contributed by atoms with van der Waals surface area (Å²) < 4.78 is 4.80. The van der Waals surface area contributed by atoms with Gasteiger partial charge >= 0.3 is 0 Å². The van der Waals surface area contributed by atoms with E-state index in [0.29, 0.717) is 0 Å². The summed E-state index contributed by atoms with van der Waals surface area (Å²) in [6.45, 7) is 0. The minimum atomic E-state index is 0.278. The normalized spacial score (nSPS) is 9.70. The van der Waals surface area contributed by atoms with Crippen LogP contribution in [0.15, 0.2) is 29.2 Å². The molecule has 54 valence electrons. The van der Waals surface area contributed by atoms with Gasteiger partial charge in [-0.2, -0.15) is 0 Å². The Bertz CT molecular complexity index is 195. The molecule has 0 fully saturated rings. The summed E-state index contributed by atoms with van der Waals surface area (Å²) >= 11 is 1.27. The summed E-state index contributed by atoms with van der Waals surface area (Å²) in [6.07, 6.45) is 0.